The van der Waals surface area contributed by atoms with E-state index in [4.69, 9.17) is 55.8 Å². The Bertz CT molecular complexity index is 1380. The molecule has 2 heterocycles. The van der Waals surface area contributed by atoms with E-state index in [0.29, 0.717) is 16.7 Å². The van der Waals surface area contributed by atoms with E-state index in [0.717, 1.165) is 22.3 Å². The molecule has 0 saturated carbocycles. The molecule has 0 atom stereocenters. The van der Waals surface area contributed by atoms with Crippen molar-refractivity contribution in [3.8, 4) is 0 Å². The number of nitrogens with two attached hydrogens (primary N) is 4. The maximum absolute atomic E-state index is 6.17. The van der Waals surface area contributed by atoms with E-state index >= 15 is 0 Å². The largest absolute Gasteiger partial charge is 0.368 e. The van der Waals surface area contributed by atoms with Gasteiger partial charge in [-0.25, -0.2) is 9.98 Å². The van der Waals surface area contributed by atoms with Crippen molar-refractivity contribution in [3.63, 3.8) is 0 Å². The average molecular weight is 672 g/mol. The van der Waals surface area contributed by atoms with Crippen LogP contribution in [0.25, 0.3) is 0 Å². The molecule has 0 saturated heterocycles. The maximum Gasteiger partial charge on any atom is 0.226 e. The van der Waals surface area contributed by atoms with Gasteiger partial charge in [-0.15, -0.1) is 17.0 Å². The predicted octanol–water partition coefficient (Wildman–Crippen LogP) is 4.10. The SMILES string of the molecule is Br.Cc1ccc(CON2C(N)=NC(N)=NC2(C)C)c(Cl)c1.Cc1ccc(CON2C(N)=NC(N)=NC2(C)C)cc1Cl. The highest BCUT2D eigenvalue weighted by Crippen LogP contribution is 2.24. The third-order valence-electron chi connectivity index (χ3n) is 5.80. The first-order chi connectivity index (χ1) is 18.6. The molecule has 0 spiro atoms. The Labute approximate surface area is 260 Å². The van der Waals surface area contributed by atoms with Gasteiger partial charge in [-0.3, -0.25) is 9.68 Å². The number of benzene rings is 2. The van der Waals surface area contributed by atoms with Crippen LogP contribution in [-0.2, 0) is 22.9 Å². The van der Waals surface area contributed by atoms with Crippen molar-refractivity contribution in [2.75, 3.05) is 0 Å². The van der Waals surface area contributed by atoms with E-state index in [1.807, 2.05) is 77.9 Å². The fourth-order valence-corrected chi connectivity index (χ4v) is 4.30. The van der Waals surface area contributed by atoms with Gasteiger partial charge in [0.1, 0.15) is 13.2 Å². The lowest BCUT2D eigenvalue weighted by molar-refractivity contribution is -0.166. The van der Waals surface area contributed by atoms with Gasteiger partial charge in [0.15, 0.2) is 11.3 Å². The van der Waals surface area contributed by atoms with Gasteiger partial charge in [0, 0.05) is 10.0 Å². The second-order valence-electron chi connectivity index (χ2n) is 10.2. The van der Waals surface area contributed by atoms with Crippen molar-refractivity contribution in [1.82, 2.24) is 10.1 Å². The Morgan fingerprint density at radius 1 is 0.732 bits per heavy atom. The summed E-state index contributed by atoms with van der Waals surface area (Å²) in [6.45, 7) is 11.8. The first kappa shape index (κ1) is 34.1. The van der Waals surface area contributed by atoms with Crippen molar-refractivity contribution in [2.45, 2.75) is 66.1 Å². The van der Waals surface area contributed by atoms with E-state index in [1.165, 1.54) is 10.1 Å². The van der Waals surface area contributed by atoms with Crippen LogP contribution in [0, 0.1) is 13.8 Å². The minimum atomic E-state index is -0.715. The molecule has 4 rings (SSSR count). The molecule has 0 unspecified atom stereocenters. The maximum atomic E-state index is 6.17. The molecule has 8 N–H and O–H groups in total. The molecule has 224 valence electrons. The van der Waals surface area contributed by atoms with Crippen molar-refractivity contribution in [3.05, 3.63) is 68.7 Å². The number of hydrogen-bond acceptors (Lipinski definition) is 12. The number of aryl methyl sites for hydroxylation is 2. The molecule has 2 aromatic carbocycles. The zero-order chi connectivity index (χ0) is 29.8. The minimum absolute atomic E-state index is 0. The summed E-state index contributed by atoms with van der Waals surface area (Å²) in [5.74, 6) is 0.637. The van der Waals surface area contributed by atoms with Crippen LogP contribution in [0.15, 0.2) is 56.4 Å². The smallest absolute Gasteiger partial charge is 0.226 e. The van der Waals surface area contributed by atoms with Gasteiger partial charge in [0.25, 0.3) is 0 Å². The summed E-state index contributed by atoms with van der Waals surface area (Å²) in [5, 5.41) is 4.22. The zero-order valence-corrected chi connectivity index (χ0v) is 27.1. The van der Waals surface area contributed by atoms with E-state index < -0.39 is 11.3 Å². The number of hydrogen-bond donors (Lipinski definition) is 4. The molecule has 2 aliphatic rings. The highest BCUT2D eigenvalue weighted by molar-refractivity contribution is 8.93. The third kappa shape index (κ3) is 8.94. The molecule has 0 aliphatic carbocycles. The van der Waals surface area contributed by atoms with Gasteiger partial charge in [0.05, 0.1) is 0 Å². The lowest BCUT2D eigenvalue weighted by Gasteiger charge is -2.36. The Hall–Kier alpha value is -3.10. The van der Waals surface area contributed by atoms with Crippen molar-refractivity contribution >= 4 is 64.0 Å². The fraction of sp³-hybridized carbons (Fsp3) is 0.385. The minimum Gasteiger partial charge on any atom is -0.368 e. The van der Waals surface area contributed by atoms with Crippen LogP contribution >= 0.6 is 40.2 Å². The van der Waals surface area contributed by atoms with Gasteiger partial charge >= 0.3 is 0 Å². The summed E-state index contributed by atoms with van der Waals surface area (Å²) in [6, 6.07) is 11.5. The van der Waals surface area contributed by atoms with Crippen LogP contribution in [0.2, 0.25) is 10.0 Å². The van der Waals surface area contributed by atoms with Crippen molar-refractivity contribution in [1.29, 1.82) is 0 Å². The topological polar surface area (TPSA) is 178 Å². The predicted molar refractivity (Wildman–Crippen MR) is 171 cm³/mol. The van der Waals surface area contributed by atoms with E-state index in [1.54, 1.807) is 0 Å². The lowest BCUT2D eigenvalue weighted by atomic mass is 10.2. The molecular weight excluding hydrogens is 635 g/mol. The second kappa shape index (κ2) is 13.7. The molecule has 15 heteroatoms. The Balaban J connectivity index is 0.000000280. The summed E-state index contributed by atoms with van der Waals surface area (Å²) in [7, 11) is 0. The Kier molecular flexibility index (Phi) is 11.4. The molecule has 0 amide bonds. The number of hydroxylamine groups is 4. The third-order valence-corrected chi connectivity index (χ3v) is 6.56. The van der Waals surface area contributed by atoms with Gasteiger partial charge in [0.2, 0.25) is 23.8 Å². The first-order valence-corrected chi connectivity index (χ1v) is 13.1. The molecule has 0 fully saturated rings. The Morgan fingerprint density at radius 2 is 1.24 bits per heavy atom. The number of rotatable bonds is 6. The van der Waals surface area contributed by atoms with Crippen molar-refractivity contribution in [2.24, 2.45) is 42.9 Å². The number of halogens is 3. The first-order valence-electron chi connectivity index (χ1n) is 12.3. The van der Waals surface area contributed by atoms with Gasteiger partial charge in [-0.1, -0.05) is 47.5 Å². The zero-order valence-electron chi connectivity index (χ0n) is 23.9. The molecule has 0 radical (unpaired) electrons. The van der Waals surface area contributed by atoms with Gasteiger partial charge in [-0.2, -0.15) is 20.1 Å². The lowest BCUT2D eigenvalue weighted by Crippen LogP contribution is -2.53. The van der Waals surface area contributed by atoms with Crippen LogP contribution in [-0.4, -0.2) is 45.3 Å². The summed E-state index contributed by atoms with van der Waals surface area (Å²) in [5.41, 5.74) is 25.3. The van der Waals surface area contributed by atoms with Gasteiger partial charge in [-0.05, 0) is 75.9 Å². The molecule has 41 heavy (non-hydrogen) atoms. The normalized spacial score (nSPS) is 17.3. The van der Waals surface area contributed by atoms with Gasteiger partial charge < -0.3 is 22.9 Å². The molecule has 12 nitrogen and oxygen atoms in total. The summed E-state index contributed by atoms with van der Waals surface area (Å²) in [4.78, 5) is 27.6. The highest BCUT2D eigenvalue weighted by atomic mass is 79.9. The number of nitrogens with zero attached hydrogens (tertiary/aromatic N) is 6. The number of guanidine groups is 4. The average Bonchev–Trinajstić information content (AvgIpc) is 2.80. The molecular formula is C26H37BrCl2N10O2. The summed E-state index contributed by atoms with van der Waals surface area (Å²) in [6.07, 6.45) is 0. The molecule has 2 aliphatic heterocycles. The standard InChI is InChI=1S/2C13H18ClN5O.BrH/c1-8-4-5-9(6-10(8)14)7-20-19-12(16)17-11(15)18-13(19,2)3;1-8-4-5-9(10(14)6-8)7-20-19-12(16)17-11(15)18-13(19,2)3;/h2*4-6H,7H2,1-3H3,(H4,15,16,17,18);1H. The van der Waals surface area contributed by atoms with E-state index in [-0.39, 0.29) is 47.4 Å². The fourth-order valence-electron chi connectivity index (χ4n) is 3.80. The Morgan fingerprint density at radius 3 is 1.71 bits per heavy atom. The van der Waals surface area contributed by atoms with E-state index in [9.17, 15) is 0 Å². The van der Waals surface area contributed by atoms with E-state index in [2.05, 4.69) is 20.0 Å². The van der Waals surface area contributed by atoms with Crippen LogP contribution in [0.5, 0.6) is 0 Å². The number of aliphatic imine (C=N–C) groups is 4. The van der Waals surface area contributed by atoms with Crippen molar-refractivity contribution < 1.29 is 9.68 Å². The van der Waals surface area contributed by atoms with Crippen LogP contribution < -0.4 is 22.9 Å². The van der Waals surface area contributed by atoms with Crippen LogP contribution in [0.3, 0.4) is 0 Å². The van der Waals surface area contributed by atoms with Crippen LogP contribution in [0.1, 0.15) is 49.9 Å². The monoisotopic (exact) mass is 670 g/mol. The summed E-state index contributed by atoms with van der Waals surface area (Å²) < 4.78 is 0. The summed E-state index contributed by atoms with van der Waals surface area (Å²) >= 11 is 12.3. The molecule has 0 bridgehead atoms. The molecule has 2 aromatic rings. The molecule has 0 aromatic heterocycles. The quantitative estimate of drug-likeness (QED) is 0.354. The van der Waals surface area contributed by atoms with Crippen LogP contribution in [0.4, 0.5) is 0 Å². The highest BCUT2D eigenvalue weighted by Gasteiger charge is 2.34. The second-order valence-corrected chi connectivity index (χ2v) is 11.0.